The number of aliphatic hydroxyl groups excluding tert-OH is 1. The number of aromatic amines is 1. The highest BCUT2D eigenvalue weighted by Gasteiger charge is 2.40. The van der Waals surface area contributed by atoms with Crippen LogP contribution in [0.5, 0.6) is 0 Å². The zero-order valence-corrected chi connectivity index (χ0v) is 10.1. The number of imidazole rings is 1. The molecule has 0 radical (unpaired) electrons. The Kier molecular flexibility index (Phi) is 2.08. The number of benzene rings is 1. The van der Waals surface area contributed by atoms with Crippen molar-refractivity contribution in [1.82, 2.24) is 9.97 Å². The minimum Gasteiger partial charge on any atom is -0.395 e. The van der Waals surface area contributed by atoms with Crippen LogP contribution in [0.15, 0.2) is 18.2 Å². The fraction of sp³-hybridized carbons (Fsp3) is 0.500. The van der Waals surface area contributed by atoms with E-state index >= 15 is 0 Å². The smallest absolute Gasteiger partial charge is 0.110 e. The van der Waals surface area contributed by atoms with Crippen LogP contribution in [0.2, 0.25) is 0 Å². The Hall–Kier alpha value is -1.39. The van der Waals surface area contributed by atoms with Crippen LogP contribution in [0.25, 0.3) is 11.0 Å². The van der Waals surface area contributed by atoms with Crippen molar-refractivity contribution in [3.8, 4) is 0 Å². The first kappa shape index (κ1) is 10.5. The number of H-pyrrole nitrogens is 1. The second-order valence-corrected chi connectivity index (χ2v) is 5.56. The lowest BCUT2D eigenvalue weighted by Crippen LogP contribution is -2.49. The van der Waals surface area contributed by atoms with Crippen LogP contribution < -0.4 is 0 Å². The number of nitrogens with zero attached hydrogens (tertiary/aromatic N) is 1. The molecule has 0 unspecified atom stereocenters. The average Bonchev–Trinajstić information content (AvgIpc) is 3.09. The van der Waals surface area contributed by atoms with Gasteiger partial charge in [-0.05, 0) is 30.5 Å². The third kappa shape index (κ3) is 1.42. The Bertz CT molecular complexity index is 591. The number of aliphatic hydroxyl groups is 1. The van der Waals surface area contributed by atoms with Crippen LogP contribution in [0.4, 0.5) is 0 Å². The van der Waals surface area contributed by atoms with Gasteiger partial charge in [0, 0.05) is 5.92 Å². The molecule has 2 aromatic rings. The van der Waals surface area contributed by atoms with Gasteiger partial charge in [-0.1, -0.05) is 6.07 Å². The van der Waals surface area contributed by atoms with Gasteiger partial charge in [-0.15, -0.1) is 0 Å². The molecule has 1 aromatic carbocycles. The lowest BCUT2D eigenvalue weighted by Gasteiger charge is -2.40. The van der Waals surface area contributed by atoms with Gasteiger partial charge in [0.15, 0.2) is 0 Å². The largest absolute Gasteiger partial charge is 0.395 e. The summed E-state index contributed by atoms with van der Waals surface area (Å²) in [4.78, 5) is 8.03. The molecule has 0 bridgehead atoms. The van der Waals surface area contributed by atoms with Crippen LogP contribution in [-0.4, -0.2) is 34.9 Å². The van der Waals surface area contributed by atoms with Gasteiger partial charge < -0.3 is 14.8 Å². The number of fused-ring (bicyclic) bond motifs is 1. The predicted octanol–water partition coefficient (Wildman–Crippen LogP) is 1.70. The molecule has 4 heteroatoms. The third-order valence-corrected chi connectivity index (χ3v) is 4.14. The molecule has 1 saturated carbocycles. The predicted molar refractivity (Wildman–Crippen MR) is 67.7 cm³/mol. The van der Waals surface area contributed by atoms with Gasteiger partial charge in [-0.2, -0.15) is 0 Å². The minimum atomic E-state index is -0.195. The minimum absolute atomic E-state index is 0.141. The summed E-state index contributed by atoms with van der Waals surface area (Å²) < 4.78 is 5.26. The van der Waals surface area contributed by atoms with E-state index in [4.69, 9.17) is 4.74 Å². The van der Waals surface area contributed by atoms with Gasteiger partial charge in [0.05, 0.1) is 36.3 Å². The van der Waals surface area contributed by atoms with Gasteiger partial charge >= 0.3 is 0 Å². The summed E-state index contributed by atoms with van der Waals surface area (Å²) in [5.41, 5.74) is 3.05. The van der Waals surface area contributed by atoms with Crippen LogP contribution >= 0.6 is 0 Å². The SMILES string of the molecule is OCC1(c2ccc3nc(C4CC4)[nH]c3c2)COC1. The molecular formula is C14H16N2O2. The normalized spacial score (nSPS) is 22.1. The van der Waals surface area contributed by atoms with Crippen molar-refractivity contribution in [1.29, 1.82) is 0 Å². The molecule has 0 amide bonds. The molecule has 94 valence electrons. The Balaban J connectivity index is 1.78. The number of aromatic nitrogens is 2. The van der Waals surface area contributed by atoms with Crippen molar-refractivity contribution < 1.29 is 9.84 Å². The molecule has 18 heavy (non-hydrogen) atoms. The standard InChI is InChI=1S/C14H16N2O2/c17-6-14(7-18-8-14)10-3-4-11-12(5-10)16-13(15-11)9-1-2-9/h3-5,9,17H,1-2,6-8H2,(H,15,16). The lowest BCUT2D eigenvalue weighted by molar-refractivity contribution is -0.0841. The average molecular weight is 244 g/mol. The van der Waals surface area contributed by atoms with E-state index in [1.807, 2.05) is 6.07 Å². The first-order valence-corrected chi connectivity index (χ1v) is 6.49. The first-order chi connectivity index (χ1) is 8.81. The fourth-order valence-corrected chi connectivity index (χ4v) is 2.61. The zero-order valence-electron chi connectivity index (χ0n) is 10.1. The highest BCUT2D eigenvalue weighted by Crippen LogP contribution is 2.39. The van der Waals surface area contributed by atoms with Gasteiger partial charge in [-0.3, -0.25) is 0 Å². The molecule has 2 aliphatic rings. The molecular weight excluding hydrogens is 228 g/mol. The molecule has 2 N–H and O–H groups in total. The van der Waals surface area contributed by atoms with E-state index in [9.17, 15) is 5.11 Å². The maximum Gasteiger partial charge on any atom is 0.110 e. The lowest BCUT2D eigenvalue weighted by atomic mass is 9.79. The summed E-state index contributed by atoms with van der Waals surface area (Å²) in [7, 11) is 0. The number of hydrogen-bond donors (Lipinski definition) is 2. The summed E-state index contributed by atoms with van der Waals surface area (Å²) in [6.07, 6.45) is 2.50. The van der Waals surface area contributed by atoms with Crippen LogP contribution in [-0.2, 0) is 10.2 Å². The maximum absolute atomic E-state index is 9.56. The molecule has 1 aliphatic carbocycles. The van der Waals surface area contributed by atoms with E-state index in [1.54, 1.807) is 0 Å². The van der Waals surface area contributed by atoms with Gasteiger partial charge in [0.2, 0.25) is 0 Å². The molecule has 0 atom stereocenters. The second-order valence-electron chi connectivity index (χ2n) is 5.56. The van der Waals surface area contributed by atoms with Crippen molar-refractivity contribution in [2.24, 2.45) is 0 Å². The molecule has 1 aromatic heterocycles. The Morgan fingerprint density at radius 1 is 1.39 bits per heavy atom. The van der Waals surface area contributed by atoms with Gasteiger partial charge in [0.25, 0.3) is 0 Å². The van der Waals surface area contributed by atoms with Crippen LogP contribution in [0, 0.1) is 0 Å². The van der Waals surface area contributed by atoms with Crippen molar-refractivity contribution in [2.45, 2.75) is 24.2 Å². The third-order valence-electron chi connectivity index (χ3n) is 4.14. The Labute approximate surface area is 105 Å². The summed E-state index contributed by atoms with van der Waals surface area (Å²) in [5, 5.41) is 9.56. The quantitative estimate of drug-likeness (QED) is 0.864. The van der Waals surface area contributed by atoms with E-state index < -0.39 is 0 Å². The summed E-state index contributed by atoms with van der Waals surface area (Å²) in [6.45, 7) is 1.36. The zero-order chi connectivity index (χ0) is 12.2. The number of nitrogens with one attached hydrogen (secondary N) is 1. The van der Waals surface area contributed by atoms with Crippen LogP contribution in [0.3, 0.4) is 0 Å². The van der Waals surface area contributed by atoms with Crippen molar-refractivity contribution in [2.75, 3.05) is 19.8 Å². The molecule has 4 rings (SSSR count). The van der Waals surface area contributed by atoms with E-state index in [0.29, 0.717) is 19.1 Å². The summed E-state index contributed by atoms with van der Waals surface area (Å²) in [6, 6.07) is 6.23. The topological polar surface area (TPSA) is 58.1 Å². The number of ether oxygens (including phenoxy) is 1. The van der Waals surface area contributed by atoms with E-state index in [0.717, 1.165) is 22.4 Å². The summed E-state index contributed by atoms with van der Waals surface area (Å²) >= 11 is 0. The maximum atomic E-state index is 9.56. The molecule has 2 heterocycles. The highest BCUT2D eigenvalue weighted by molar-refractivity contribution is 5.76. The van der Waals surface area contributed by atoms with Crippen LogP contribution in [0.1, 0.15) is 30.1 Å². The van der Waals surface area contributed by atoms with E-state index in [1.165, 1.54) is 12.8 Å². The molecule has 1 saturated heterocycles. The van der Waals surface area contributed by atoms with Crippen molar-refractivity contribution in [3.63, 3.8) is 0 Å². The van der Waals surface area contributed by atoms with Crippen molar-refractivity contribution >= 4 is 11.0 Å². The van der Waals surface area contributed by atoms with Gasteiger partial charge in [0.1, 0.15) is 5.82 Å². The highest BCUT2D eigenvalue weighted by atomic mass is 16.5. The second kappa shape index (κ2) is 3.56. The molecule has 4 nitrogen and oxygen atoms in total. The van der Waals surface area contributed by atoms with E-state index in [2.05, 4.69) is 22.1 Å². The molecule has 0 spiro atoms. The molecule has 2 fully saturated rings. The Morgan fingerprint density at radius 2 is 2.22 bits per heavy atom. The van der Waals surface area contributed by atoms with Gasteiger partial charge in [-0.25, -0.2) is 4.98 Å². The van der Waals surface area contributed by atoms with E-state index in [-0.39, 0.29) is 12.0 Å². The van der Waals surface area contributed by atoms with Crippen molar-refractivity contribution in [3.05, 3.63) is 29.6 Å². The molecule has 1 aliphatic heterocycles. The fourth-order valence-electron chi connectivity index (χ4n) is 2.61. The Morgan fingerprint density at radius 3 is 2.83 bits per heavy atom. The summed E-state index contributed by atoms with van der Waals surface area (Å²) in [5.74, 6) is 1.75. The first-order valence-electron chi connectivity index (χ1n) is 6.49. The number of rotatable bonds is 3. The number of hydrogen-bond acceptors (Lipinski definition) is 3. The monoisotopic (exact) mass is 244 g/mol.